The molecule has 1 amide bonds. The van der Waals surface area contributed by atoms with Crippen LogP contribution in [0.25, 0.3) is 0 Å². The summed E-state index contributed by atoms with van der Waals surface area (Å²) in [5.41, 5.74) is 2.04. The zero-order valence-corrected chi connectivity index (χ0v) is 13.3. The van der Waals surface area contributed by atoms with Crippen molar-refractivity contribution in [2.75, 3.05) is 32.7 Å². The fraction of sp³-hybridized carbons (Fsp3) is 0.294. The number of hydrogen-bond acceptors (Lipinski definition) is 5. The smallest absolute Gasteiger partial charge is 0.252 e. The largest absolute Gasteiger partial charge is 0.495 e. The molecule has 2 rings (SSSR count). The number of rotatable bonds is 8. The number of benzene rings is 1. The van der Waals surface area contributed by atoms with Gasteiger partial charge in [0.05, 0.1) is 30.2 Å². The summed E-state index contributed by atoms with van der Waals surface area (Å²) in [6, 6.07) is 9.32. The fourth-order valence-corrected chi connectivity index (χ4v) is 2.06. The lowest BCUT2D eigenvalue weighted by molar-refractivity contribution is 0.0948. The van der Waals surface area contributed by atoms with Crippen LogP contribution in [0, 0.1) is 0 Å². The van der Waals surface area contributed by atoms with Gasteiger partial charge >= 0.3 is 0 Å². The number of carbonyl (C=O) groups is 1. The Labute approximate surface area is 135 Å². The summed E-state index contributed by atoms with van der Waals surface area (Å²) in [4.78, 5) is 16.2. The van der Waals surface area contributed by atoms with Gasteiger partial charge in [-0.2, -0.15) is 0 Å². The van der Waals surface area contributed by atoms with Crippen LogP contribution < -0.4 is 15.4 Å². The Morgan fingerprint density at radius 2 is 2.04 bits per heavy atom. The molecule has 0 unspecified atom stereocenters. The first-order valence-corrected chi connectivity index (χ1v) is 7.37. The number of carbonyl (C=O) groups excluding carboxylic acids is 1. The maximum Gasteiger partial charge on any atom is 0.252 e. The third-order valence-electron chi connectivity index (χ3n) is 3.20. The van der Waals surface area contributed by atoms with Crippen LogP contribution in [0.5, 0.6) is 5.75 Å². The van der Waals surface area contributed by atoms with E-state index in [0.29, 0.717) is 18.7 Å². The summed E-state index contributed by atoms with van der Waals surface area (Å²) in [5, 5.41) is 6.04. The van der Waals surface area contributed by atoms with E-state index in [-0.39, 0.29) is 5.91 Å². The number of nitrogens with zero attached hydrogens (tertiary/aromatic N) is 1. The highest BCUT2D eigenvalue weighted by Crippen LogP contribution is 2.26. The predicted octanol–water partition coefficient (Wildman–Crippen LogP) is 2.60. The molecule has 0 aliphatic carbocycles. The normalized spacial score (nSPS) is 10.2. The quantitative estimate of drug-likeness (QED) is 0.733. The van der Waals surface area contributed by atoms with Gasteiger partial charge in [0.25, 0.3) is 5.91 Å². The first-order chi connectivity index (χ1) is 11.2. The van der Waals surface area contributed by atoms with Crippen LogP contribution in [-0.2, 0) is 4.74 Å². The third-order valence-corrected chi connectivity index (χ3v) is 3.20. The first kappa shape index (κ1) is 16.8. The average molecular weight is 315 g/mol. The molecule has 0 radical (unpaired) electrons. The van der Waals surface area contributed by atoms with Gasteiger partial charge in [-0.25, -0.2) is 0 Å². The number of amides is 1. The predicted molar refractivity (Wildman–Crippen MR) is 89.3 cm³/mol. The molecule has 6 nitrogen and oxygen atoms in total. The number of methoxy groups -OCH3 is 2. The molecule has 0 atom stereocenters. The van der Waals surface area contributed by atoms with Crippen LogP contribution >= 0.6 is 0 Å². The lowest BCUT2D eigenvalue weighted by Crippen LogP contribution is -2.25. The van der Waals surface area contributed by atoms with E-state index < -0.39 is 0 Å². The molecule has 1 aromatic carbocycles. The van der Waals surface area contributed by atoms with E-state index in [1.807, 2.05) is 24.3 Å². The van der Waals surface area contributed by atoms with Gasteiger partial charge in [-0.1, -0.05) is 12.1 Å². The van der Waals surface area contributed by atoms with E-state index in [0.717, 1.165) is 23.5 Å². The number of pyridine rings is 1. The van der Waals surface area contributed by atoms with Gasteiger partial charge < -0.3 is 20.1 Å². The van der Waals surface area contributed by atoms with E-state index in [1.54, 1.807) is 32.7 Å². The number of para-hydroxylation sites is 2. The lowest BCUT2D eigenvalue weighted by atomic mass is 10.2. The maximum absolute atomic E-state index is 12.1. The van der Waals surface area contributed by atoms with Crippen LogP contribution in [0.3, 0.4) is 0 Å². The summed E-state index contributed by atoms with van der Waals surface area (Å²) in [6.07, 6.45) is 3.97. The summed E-state index contributed by atoms with van der Waals surface area (Å²) in [6.45, 7) is 1.19. The zero-order valence-electron chi connectivity index (χ0n) is 13.3. The monoisotopic (exact) mass is 315 g/mol. The Kier molecular flexibility index (Phi) is 6.38. The second-order valence-electron chi connectivity index (χ2n) is 4.89. The minimum atomic E-state index is -0.155. The molecule has 0 aliphatic rings. The number of nitrogens with one attached hydrogen (secondary N) is 2. The molecule has 2 N–H and O–H groups in total. The van der Waals surface area contributed by atoms with E-state index in [1.165, 1.54) is 0 Å². The third kappa shape index (κ3) is 4.96. The van der Waals surface area contributed by atoms with E-state index in [2.05, 4.69) is 15.6 Å². The van der Waals surface area contributed by atoms with Crippen molar-refractivity contribution >= 4 is 17.3 Å². The van der Waals surface area contributed by atoms with Gasteiger partial charge in [0.1, 0.15) is 5.75 Å². The highest BCUT2D eigenvalue weighted by atomic mass is 16.5. The zero-order chi connectivity index (χ0) is 16.5. The summed E-state index contributed by atoms with van der Waals surface area (Å²) in [5.74, 6) is 0.569. The van der Waals surface area contributed by atoms with Gasteiger partial charge in [-0.05, 0) is 24.6 Å². The highest BCUT2D eigenvalue weighted by Gasteiger charge is 2.08. The second-order valence-corrected chi connectivity index (χ2v) is 4.89. The number of ether oxygens (including phenoxy) is 2. The fourth-order valence-electron chi connectivity index (χ4n) is 2.06. The topological polar surface area (TPSA) is 72.5 Å². The SMILES string of the molecule is COCCCNC(=O)c1cncc(Nc2ccccc2OC)c1. The molecule has 0 bridgehead atoms. The summed E-state index contributed by atoms with van der Waals surface area (Å²) < 4.78 is 10.2. The Hall–Kier alpha value is -2.60. The molecule has 6 heteroatoms. The van der Waals surface area contributed by atoms with Crippen molar-refractivity contribution in [1.82, 2.24) is 10.3 Å². The van der Waals surface area contributed by atoms with Gasteiger partial charge in [-0.15, -0.1) is 0 Å². The molecule has 23 heavy (non-hydrogen) atoms. The molecule has 0 fully saturated rings. The van der Waals surface area contributed by atoms with Crippen molar-refractivity contribution in [1.29, 1.82) is 0 Å². The van der Waals surface area contributed by atoms with E-state index in [4.69, 9.17) is 9.47 Å². The molecule has 1 heterocycles. The molecule has 0 saturated heterocycles. The Morgan fingerprint density at radius 1 is 1.22 bits per heavy atom. The van der Waals surface area contributed by atoms with Crippen molar-refractivity contribution < 1.29 is 14.3 Å². The second kappa shape index (κ2) is 8.75. The van der Waals surface area contributed by atoms with Gasteiger partial charge in [0.15, 0.2) is 0 Å². The average Bonchev–Trinajstić information content (AvgIpc) is 2.59. The number of aromatic nitrogens is 1. The molecule has 1 aromatic heterocycles. The van der Waals surface area contributed by atoms with Crippen LogP contribution in [-0.4, -0.2) is 38.3 Å². The van der Waals surface area contributed by atoms with Gasteiger partial charge in [-0.3, -0.25) is 9.78 Å². The van der Waals surface area contributed by atoms with Crippen molar-refractivity contribution in [3.63, 3.8) is 0 Å². The standard InChI is InChI=1S/C17H21N3O3/c1-22-9-5-8-19-17(21)13-10-14(12-18-11-13)20-15-6-3-4-7-16(15)23-2/h3-4,6-7,10-12,20H,5,8-9H2,1-2H3,(H,19,21). The van der Waals surface area contributed by atoms with Crippen molar-refractivity contribution in [3.8, 4) is 5.75 Å². The Bertz CT molecular complexity index is 646. The number of anilines is 2. The van der Waals surface area contributed by atoms with E-state index in [9.17, 15) is 4.79 Å². The molecular formula is C17H21N3O3. The summed E-state index contributed by atoms with van der Waals surface area (Å²) >= 11 is 0. The molecule has 0 saturated carbocycles. The molecule has 0 aliphatic heterocycles. The Balaban J connectivity index is 2.03. The molecule has 2 aromatic rings. The van der Waals surface area contributed by atoms with E-state index >= 15 is 0 Å². The summed E-state index contributed by atoms with van der Waals surface area (Å²) in [7, 11) is 3.25. The van der Waals surface area contributed by atoms with Crippen molar-refractivity contribution in [2.24, 2.45) is 0 Å². The minimum absolute atomic E-state index is 0.155. The van der Waals surface area contributed by atoms with Crippen molar-refractivity contribution in [3.05, 3.63) is 48.3 Å². The van der Waals surface area contributed by atoms with Crippen LogP contribution in [0.2, 0.25) is 0 Å². The number of hydrogen-bond donors (Lipinski definition) is 2. The van der Waals surface area contributed by atoms with Gasteiger partial charge in [0.2, 0.25) is 0 Å². The first-order valence-electron chi connectivity index (χ1n) is 7.37. The molecule has 122 valence electrons. The van der Waals surface area contributed by atoms with Crippen LogP contribution in [0.4, 0.5) is 11.4 Å². The maximum atomic E-state index is 12.1. The molecule has 0 spiro atoms. The Morgan fingerprint density at radius 3 is 2.83 bits per heavy atom. The van der Waals surface area contributed by atoms with Gasteiger partial charge in [0, 0.05) is 26.5 Å². The highest BCUT2D eigenvalue weighted by molar-refractivity contribution is 5.94. The minimum Gasteiger partial charge on any atom is -0.495 e. The van der Waals surface area contributed by atoms with Crippen LogP contribution in [0.1, 0.15) is 16.8 Å². The lowest BCUT2D eigenvalue weighted by Gasteiger charge is -2.11. The van der Waals surface area contributed by atoms with Crippen molar-refractivity contribution in [2.45, 2.75) is 6.42 Å². The molecular weight excluding hydrogens is 294 g/mol. The van der Waals surface area contributed by atoms with Crippen LogP contribution in [0.15, 0.2) is 42.7 Å².